The Kier molecular flexibility index (Phi) is 2.35. The number of rotatable bonds is 1. The Morgan fingerprint density at radius 3 is 2.33 bits per heavy atom. The predicted molar refractivity (Wildman–Crippen MR) is 17.0 cm³/mol. The van der Waals surface area contributed by atoms with Crippen molar-refractivity contribution in [2.45, 2.75) is 0 Å². The Hall–Kier alpha value is -0.610. The second kappa shape index (κ2) is 2.62. The highest BCUT2D eigenvalue weighted by Crippen LogP contribution is 1.50. The molecule has 6 heavy (non-hydrogen) atoms. The normalized spacial score (nSPS) is 7.67. The molecule has 0 saturated heterocycles. The highest BCUT2D eigenvalue weighted by atomic mass is 16.5. The molecule has 4 heteroatoms. The summed E-state index contributed by atoms with van der Waals surface area (Å²) in [5.74, 6) is -0.796. The molecule has 36 valence electrons. The van der Waals surface area contributed by atoms with Crippen LogP contribution in [0.4, 0.5) is 0 Å². The summed E-state index contributed by atoms with van der Waals surface area (Å²) in [5, 5.41) is 15.3. The zero-order valence-electron chi connectivity index (χ0n) is 3.01. The van der Waals surface area contributed by atoms with E-state index in [9.17, 15) is 4.79 Å². The van der Waals surface area contributed by atoms with Crippen molar-refractivity contribution in [1.82, 2.24) is 5.48 Å². The molecule has 0 aromatic heterocycles. The lowest BCUT2D eigenvalue weighted by molar-refractivity contribution is -0.132. The van der Waals surface area contributed by atoms with Crippen LogP contribution >= 0.6 is 0 Å². The molecule has 0 heterocycles. The molecular formula is C2H5NO3. The molecule has 0 aliphatic carbocycles. The average Bonchev–Trinajstić information content (AvgIpc) is 1.65. The monoisotopic (exact) mass is 91.0 g/mol. The van der Waals surface area contributed by atoms with E-state index < -0.39 is 12.5 Å². The van der Waals surface area contributed by atoms with Gasteiger partial charge in [0, 0.05) is 0 Å². The number of nitrogens with one attached hydrogen (secondary N) is 1. The number of hydrogen-bond donors (Lipinski definition) is 3. The van der Waals surface area contributed by atoms with Crippen molar-refractivity contribution in [2.24, 2.45) is 0 Å². The number of amides is 1. The maximum Gasteiger partial charge on any atom is 0.269 e. The molecule has 0 radical (unpaired) electrons. The minimum Gasteiger partial charge on any atom is -0.386 e. The van der Waals surface area contributed by atoms with Gasteiger partial charge in [0.1, 0.15) is 6.61 Å². The maximum atomic E-state index is 9.57. The van der Waals surface area contributed by atoms with E-state index in [1.165, 1.54) is 5.48 Å². The number of carbonyl (C=O) groups excluding carboxylic acids is 1. The van der Waals surface area contributed by atoms with Gasteiger partial charge in [0.15, 0.2) is 0 Å². The summed E-state index contributed by atoms with van der Waals surface area (Å²) >= 11 is 0. The van der Waals surface area contributed by atoms with E-state index in [0.717, 1.165) is 0 Å². The smallest absolute Gasteiger partial charge is 0.269 e. The molecule has 0 aliphatic rings. The molecule has 0 rings (SSSR count). The van der Waals surface area contributed by atoms with E-state index in [4.69, 9.17) is 10.3 Å². The highest BCUT2D eigenvalue weighted by Gasteiger charge is 1.88. The molecule has 0 atom stereocenters. The summed E-state index contributed by atoms with van der Waals surface area (Å²) in [6.07, 6.45) is 0. The van der Waals surface area contributed by atoms with Gasteiger partial charge in [-0.15, -0.1) is 0 Å². The zero-order valence-corrected chi connectivity index (χ0v) is 3.01. The Balaban J connectivity index is 2.99. The molecule has 0 spiro atoms. The van der Waals surface area contributed by atoms with Crippen LogP contribution in [0.1, 0.15) is 0 Å². The first-order valence-corrected chi connectivity index (χ1v) is 1.35. The van der Waals surface area contributed by atoms with Crippen LogP contribution in [0.2, 0.25) is 0 Å². The van der Waals surface area contributed by atoms with Crippen LogP contribution in [0.25, 0.3) is 0 Å². The summed E-state index contributed by atoms with van der Waals surface area (Å²) in [7, 11) is 0. The molecule has 4 nitrogen and oxygen atoms in total. The van der Waals surface area contributed by atoms with Crippen molar-refractivity contribution in [3.63, 3.8) is 0 Å². The molecule has 1 amide bonds. The quantitative estimate of drug-likeness (QED) is 0.271. The minimum atomic E-state index is -0.796. The lowest BCUT2D eigenvalue weighted by Gasteiger charge is -1.85. The fourth-order valence-corrected chi connectivity index (χ4v) is 0.0354. The molecule has 3 N–H and O–H groups in total. The van der Waals surface area contributed by atoms with E-state index in [1.54, 1.807) is 0 Å². The van der Waals surface area contributed by atoms with E-state index in [2.05, 4.69) is 0 Å². The number of aliphatic hydroxyl groups is 1. The standard InChI is InChI=1S/C2H5NO3/c4-1-2(5)3-6/h4,6H,1H2,(H,3,5). The first-order valence-electron chi connectivity index (χ1n) is 1.35. The third kappa shape index (κ3) is 1.68. The summed E-state index contributed by atoms with van der Waals surface area (Å²) in [6, 6.07) is 0. The topological polar surface area (TPSA) is 69.6 Å². The van der Waals surface area contributed by atoms with E-state index >= 15 is 0 Å². The van der Waals surface area contributed by atoms with Crippen LogP contribution in [0, 0.1) is 0 Å². The van der Waals surface area contributed by atoms with Gasteiger partial charge in [-0.3, -0.25) is 10.0 Å². The second-order valence-corrected chi connectivity index (χ2v) is 0.693. The van der Waals surface area contributed by atoms with Crippen LogP contribution in [0.15, 0.2) is 0 Å². The molecule has 0 unspecified atom stereocenters. The Morgan fingerprint density at radius 1 is 1.83 bits per heavy atom. The maximum absolute atomic E-state index is 9.57. The Bertz CT molecular complexity index is 46.8. The van der Waals surface area contributed by atoms with Crippen LogP contribution in [-0.4, -0.2) is 22.8 Å². The van der Waals surface area contributed by atoms with Gasteiger partial charge in [0.2, 0.25) is 0 Å². The SMILES string of the molecule is O=C(CO)NO. The number of aliphatic hydroxyl groups excluding tert-OH is 1. The van der Waals surface area contributed by atoms with Gasteiger partial charge in [-0.2, -0.15) is 0 Å². The van der Waals surface area contributed by atoms with Crippen molar-refractivity contribution in [3.8, 4) is 0 Å². The van der Waals surface area contributed by atoms with Gasteiger partial charge in [-0.1, -0.05) is 0 Å². The largest absolute Gasteiger partial charge is 0.386 e. The Labute approximate surface area is 34.4 Å². The van der Waals surface area contributed by atoms with Gasteiger partial charge >= 0.3 is 0 Å². The summed E-state index contributed by atoms with van der Waals surface area (Å²) in [5.41, 5.74) is 1.23. The molecule has 0 aliphatic heterocycles. The number of hydroxylamine groups is 1. The Morgan fingerprint density at radius 2 is 2.33 bits per heavy atom. The van der Waals surface area contributed by atoms with E-state index in [-0.39, 0.29) is 0 Å². The van der Waals surface area contributed by atoms with Gasteiger partial charge in [0.25, 0.3) is 5.91 Å². The van der Waals surface area contributed by atoms with Gasteiger partial charge in [-0.05, 0) is 0 Å². The first-order chi connectivity index (χ1) is 2.81. The van der Waals surface area contributed by atoms with Gasteiger partial charge < -0.3 is 5.11 Å². The predicted octanol–water partition coefficient (Wildman–Crippen LogP) is -1.52. The number of carbonyl (C=O) groups is 1. The second-order valence-electron chi connectivity index (χ2n) is 0.693. The number of hydrogen-bond acceptors (Lipinski definition) is 3. The summed E-state index contributed by atoms with van der Waals surface area (Å²) in [4.78, 5) is 9.57. The first kappa shape index (κ1) is 5.39. The highest BCUT2D eigenvalue weighted by molar-refractivity contribution is 5.75. The lowest BCUT2D eigenvalue weighted by atomic mass is 10.7. The van der Waals surface area contributed by atoms with Gasteiger partial charge in [-0.25, -0.2) is 5.48 Å². The fraction of sp³-hybridized carbons (Fsp3) is 0.500. The van der Waals surface area contributed by atoms with Crippen molar-refractivity contribution < 1.29 is 15.1 Å². The summed E-state index contributed by atoms with van der Waals surface area (Å²) < 4.78 is 0. The van der Waals surface area contributed by atoms with Crippen LogP contribution in [-0.2, 0) is 4.79 Å². The van der Waals surface area contributed by atoms with Crippen molar-refractivity contribution in [1.29, 1.82) is 0 Å². The molecule has 0 aromatic rings. The van der Waals surface area contributed by atoms with Crippen LogP contribution in [0.5, 0.6) is 0 Å². The van der Waals surface area contributed by atoms with Gasteiger partial charge in [0.05, 0.1) is 0 Å². The van der Waals surface area contributed by atoms with Crippen molar-refractivity contribution in [3.05, 3.63) is 0 Å². The molecule has 0 aromatic carbocycles. The summed E-state index contributed by atoms with van der Waals surface area (Å²) in [6.45, 7) is -0.670. The third-order valence-corrected chi connectivity index (χ3v) is 0.268. The van der Waals surface area contributed by atoms with E-state index in [0.29, 0.717) is 0 Å². The minimum absolute atomic E-state index is 0.670. The molecule has 0 fully saturated rings. The molecule has 0 bridgehead atoms. The van der Waals surface area contributed by atoms with Crippen molar-refractivity contribution in [2.75, 3.05) is 6.61 Å². The van der Waals surface area contributed by atoms with Crippen molar-refractivity contribution >= 4 is 5.91 Å². The van der Waals surface area contributed by atoms with E-state index in [1.807, 2.05) is 0 Å². The van der Waals surface area contributed by atoms with Crippen LogP contribution < -0.4 is 5.48 Å². The fourth-order valence-electron chi connectivity index (χ4n) is 0.0354. The average molecular weight is 91.1 g/mol. The zero-order chi connectivity index (χ0) is 4.99. The van der Waals surface area contributed by atoms with Crippen LogP contribution in [0.3, 0.4) is 0 Å². The third-order valence-electron chi connectivity index (χ3n) is 0.268. The lowest BCUT2D eigenvalue weighted by Crippen LogP contribution is -2.21. The molecule has 0 saturated carbocycles. The molecular weight excluding hydrogens is 86.0 g/mol.